The summed E-state index contributed by atoms with van der Waals surface area (Å²) in [6.07, 6.45) is 2.36. The van der Waals surface area contributed by atoms with Crippen LogP contribution in [0, 0.1) is 5.92 Å². The second-order valence-corrected chi connectivity index (χ2v) is 6.18. The Morgan fingerprint density at radius 2 is 1.77 bits per heavy atom. The van der Waals surface area contributed by atoms with Gasteiger partial charge in [-0.3, -0.25) is 4.79 Å². The maximum Gasteiger partial charge on any atom is 0.133 e. The van der Waals surface area contributed by atoms with Crippen molar-refractivity contribution in [3.8, 4) is 5.75 Å². The zero-order chi connectivity index (χ0) is 15.4. The van der Waals surface area contributed by atoms with E-state index in [0.29, 0.717) is 24.7 Å². The van der Waals surface area contributed by atoms with Crippen LogP contribution in [0.1, 0.15) is 43.2 Å². The summed E-state index contributed by atoms with van der Waals surface area (Å²) in [5.41, 5.74) is 2.34. The van der Waals surface area contributed by atoms with E-state index in [1.165, 1.54) is 5.56 Å². The lowest BCUT2D eigenvalue weighted by atomic mass is 9.76. The fraction of sp³-hybridized carbons (Fsp3) is 0.350. The summed E-state index contributed by atoms with van der Waals surface area (Å²) in [5.74, 6) is 2.10. The van der Waals surface area contributed by atoms with Gasteiger partial charge in [0.05, 0.1) is 0 Å². The van der Waals surface area contributed by atoms with Gasteiger partial charge in [-0.25, -0.2) is 0 Å². The van der Waals surface area contributed by atoms with Crippen LogP contribution in [0.5, 0.6) is 5.75 Å². The van der Waals surface area contributed by atoms with Gasteiger partial charge in [-0.1, -0.05) is 55.5 Å². The molecule has 2 aromatic carbocycles. The molecule has 0 saturated heterocycles. The lowest BCUT2D eigenvalue weighted by molar-refractivity contribution is -0.121. The van der Waals surface area contributed by atoms with Crippen molar-refractivity contribution >= 4 is 5.78 Å². The van der Waals surface area contributed by atoms with Gasteiger partial charge in [0.15, 0.2) is 0 Å². The van der Waals surface area contributed by atoms with Crippen LogP contribution in [0.25, 0.3) is 0 Å². The molecule has 3 rings (SSSR count). The number of hydrogen-bond acceptors (Lipinski definition) is 2. The van der Waals surface area contributed by atoms with E-state index < -0.39 is 0 Å². The van der Waals surface area contributed by atoms with E-state index in [4.69, 9.17) is 4.74 Å². The number of ketones is 1. The number of Topliss-reactive ketones (excluding diaryl/α,β-unsaturated/α-hetero) is 1. The first-order chi connectivity index (χ1) is 10.7. The first kappa shape index (κ1) is 14.8. The van der Waals surface area contributed by atoms with Gasteiger partial charge >= 0.3 is 0 Å². The van der Waals surface area contributed by atoms with Gasteiger partial charge in [-0.05, 0) is 35.4 Å². The van der Waals surface area contributed by atoms with Crippen molar-refractivity contribution < 1.29 is 9.53 Å². The zero-order valence-electron chi connectivity index (χ0n) is 13.0. The molecule has 2 heteroatoms. The van der Waals surface area contributed by atoms with Crippen LogP contribution in [0.4, 0.5) is 0 Å². The number of hydrogen-bond donors (Lipinski definition) is 0. The van der Waals surface area contributed by atoms with Gasteiger partial charge in [0.1, 0.15) is 18.1 Å². The Bertz CT molecular complexity index is 633. The second kappa shape index (κ2) is 6.78. The molecular weight excluding hydrogens is 272 g/mol. The molecule has 114 valence electrons. The number of carbonyl (C=O) groups is 1. The van der Waals surface area contributed by atoms with Crippen LogP contribution in [0.15, 0.2) is 54.6 Å². The van der Waals surface area contributed by atoms with Crippen LogP contribution in [-0.2, 0) is 11.4 Å². The van der Waals surface area contributed by atoms with Crippen LogP contribution in [0.2, 0.25) is 0 Å². The lowest BCUT2D eigenvalue weighted by Gasteiger charge is -2.29. The largest absolute Gasteiger partial charge is 0.489 e. The van der Waals surface area contributed by atoms with Crippen molar-refractivity contribution in [1.82, 2.24) is 0 Å². The van der Waals surface area contributed by atoms with E-state index in [1.807, 2.05) is 36.4 Å². The van der Waals surface area contributed by atoms with Crippen molar-refractivity contribution in [2.45, 2.75) is 38.7 Å². The van der Waals surface area contributed by atoms with E-state index in [9.17, 15) is 4.79 Å². The smallest absolute Gasteiger partial charge is 0.133 e. The molecule has 2 nitrogen and oxygen atoms in total. The highest BCUT2D eigenvalue weighted by Crippen LogP contribution is 2.40. The lowest BCUT2D eigenvalue weighted by Crippen LogP contribution is -2.21. The van der Waals surface area contributed by atoms with E-state index in [0.717, 1.165) is 24.2 Å². The molecule has 0 radical (unpaired) electrons. The fourth-order valence-electron chi connectivity index (χ4n) is 3.21. The second-order valence-electron chi connectivity index (χ2n) is 6.18. The highest BCUT2D eigenvalue weighted by molar-refractivity contribution is 5.80. The van der Waals surface area contributed by atoms with E-state index >= 15 is 0 Å². The number of carbonyl (C=O) groups excluding carboxylic acids is 1. The zero-order valence-corrected chi connectivity index (χ0v) is 13.0. The maximum absolute atomic E-state index is 11.8. The molecule has 0 aromatic heterocycles. The Morgan fingerprint density at radius 3 is 2.59 bits per heavy atom. The average molecular weight is 294 g/mol. The third kappa shape index (κ3) is 3.38. The van der Waals surface area contributed by atoms with Crippen molar-refractivity contribution in [2.75, 3.05) is 0 Å². The number of ether oxygens (including phenoxy) is 1. The molecule has 0 bridgehead atoms. The molecule has 1 aliphatic rings. The SMILES string of the molecule is CC1CCC(=O)CC1c1ccccc1OCc1ccccc1. The van der Waals surface area contributed by atoms with Crippen LogP contribution in [-0.4, -0.2) is 5.78 Å². The van der Waals surface area contributed by atoms with Gasteiger partial charge in [-0.15, -0.1) is 0 Å². The molecule has 1 fully saturated rings. The summed E-state index contributed by atoms with van der Waals surface area (Å²) in [6.45, 7) is 2.80. The highest BCUT2D eigenvalue weighted by atomic mass is 16.5. The summed E-state index contributed by atoms with van der Waals surface area (Å²) < 4.78 is 6.05. The molecule has 22 heavy (non-hydrogen) atoms. The number of benzene rings is 2. The van der Waals surface area contributed by atoms with Crippen molar-refractivity contribution in [3.05, 3.63) is 65.7 Å². The monoisotopic (exact) mass is 294 g/mol. The Morgan fingerprint density at radius 1 is 1.05 bits per heavy atom. The standard InChI is InChI=1S/C20H22O2/c1-15-11-12-17(21)13-19(15)18-9-5-6-10-20(18)22-14-16-7-3-2-4-8-16/h2-10,15,19H,11-14H2,1H3. The Labute approximate surface area is 132 Å². The molecule has 2 unspecified atom stereocenters. The van der Waals surface area contributed by atoms with Crippen LogP contribution in [0.3, 0.4) is 0 Å². The van der Waals surface area contributed by atoms with E-state index in [1.54, 1.807) is 0 Å². The summed E-state index contributed by atoms with van der Waals surface area (Å²) in [6, 6.07) is 18.3. The average Bonchev–Trinajstić information content (AvgIpc) is 2.56. The first-order valence-electron chi connectivity index (χ1n) is 8.01. The normalized spacial score (nSPS) is 21.6. The van der Waals surface area contributed by atoms with Crippen molar-refractivity contribution in [2.24, 2.45) is 5.92 Å². The topological polar surface area (TPSA) is 26.3 Å². The molecule has 0 aliphatic heterocycles. The van der Waals surface area contributed by atoms with Gasteiger partial charge in [0, 0.05) is 12.8 Å². The third-order valence-corrected chi connectivity index (χ3v) is 4.57. The molecule has 0 N–H and O–H groups in total. The third-order valence-electron chi connectivity index (χ3n) is 4.57. The predicted molar refractivity (Wildman–Crippen MR) is 88.0 cm³/mol. The van der Waals surface area contributed by atoms with Gasteiger partial charge in [-0.2, -0.15) is 0 Å². The predicted octanol–water partition coefficient (Wildman–Crippen LogP) is 4.74. The quantitative estimate of drug-likeness (QED) is 0.814. The number of rotatable bonds is 4. The minimum atomic E-state index is 0.285. The van der Waals surface area contributed by atoms with E-state index in [-0.39, 0.29) is 5.92 Å². The molecule has 0 heterocycles. The van der Waals surface area contributed by atoms with Crippen molar-refractivity contribution in [3.63, 3.8) is 0 Å². The van der Waals surface area contributed by atoms with Crippen molar-refractivity contribution in [1.29, 1.82) is 0 Å². The molecular formula is C20H22O2. The summed E-state index contributed by atoms with van der Waals surface area (Å²) >= 11 is 0. The molecule has 2 atom stereocenters. The van der Waals surface area contributed by atoms with E-state index in [2.05, 4.69) is 25.1 Å². The fourth-order valence-corrected chi connectivity index (χ4v) is 3.21. The molecule has 0 spiro atoms. The Kier molecular flexibility index (Phi) is 4.57. The van der Waals surface area contributed by atoms with Crippen LogP contribution < -0.4 is 4.74 Å². The molecule has 2 aromatic rings. The number of para-hydroxylation sites is 1. The van der Waals surface area contributed by atoms with Gasteiger partial charge in [0.25, 0.3) is 0 Å². The summed E-state index contributed by atoms with van der Waals surface area (Å²) in [7, 11) is 0. The summed E-state index contributed by atoms with van der Waals surface area (Å²) in [5, 5.41) is 0. The molecule has 1 aliphatic carbocycles. The molecule has 1 saturated carbocycles. The van der Waals surface area contributed by atoms with Gasteiger partial charge in [0.2, 0.25) is 0 Å². The Balaban J connectivity index is 1.79. The van der Waals surface area contributed by atoms with Gasteiger partial charge < -0.3 is 4.74 Å². The maximum atomic E-state index is 11.8. The molecule has 0 amide bonds. The first-order valence-corrected chi connectivity index (χ1v) is 8.01. The Hall–Kier alpha value is -2.09. The minimum Gasteiger partial charge on any atom is -0.489 e. The minimum absolute atomic E-state index is 0.285. The highest BCUT2D eigenvalue weighted by Gasteiger charge is 2.29. The van der Waals surface area contributed by atoms with Crippen LogP contribution >= 0.6 is 0 Å². The summed E-state index contributed by atoms with van der Waals surface area (Å²) in [4.78, 5) is 11.8.